The molecule has 0 aliphatic carbocycles. The molecule has 0 saturated heterocycles. The second-order valence-corrected chi connectivity index (χ2v) is 6.91. The van der Waals surface area contributed by atoms with Gasteiger partial charge in [-0.2, -0.15) is 0 Å². The van der Waals surface area contributed by atoms with Crippen molar-refractivity contribution >= 4 is 16.0 Å². The van der Waals surface area contributed by atoms with E-state index in [-0.39, 0.29) is 4.90 Å². The second-order valence-electron chi connectivity index (χ2n) is 5.20. The first-order valence-corrected chi connectivity index (χ1v) is 8.84. The highest BCUT2D eigenvalue weighted by Gasteiger charge is 2.22. The quantitative estimate of drug-likeness (QED) is 0.745. The molecule has 0 heterocycles. The van der Waals surface area contributed by atoms with Crippen LogP contribution < -0.4 is 19.3 Å². The van der Waals surface area contributed by atoms with Gasteiger partial charge in [-0.1, -0.05) is 12.1 Å². The van der Waals surface area contributed by atoms with E-state index in [0.717, 1.165) is 0 Å². The molecule has 0 spiro atoms. The van der Waals surface area contributed by atoms with Gasteiger partial charge in [-0.25, -0.2) is 13.1 Å². The van der Waals surface area contributed by atoms with E-state index in [0.29, 0.717) is 17.1 Å². The van der Waals surface area contributed by atoms with Crippen LogP contribution in [-0.4, -0.2) is 28.6 Å². The first-order chi connectivity index (χ1) is 11.9. The monoisotopic (exact) mass is 364 g/mol. The van der Waals surface area contributed by atoms with Crippen molar-refractivity contribution in [2.45, 2.75) is 17.4 Å². The van der Waals surface area contributed by atoms with Crippen LogP contribution in [0.25, 0.3) is 0 Å². The van der Waals surface area contributed by atoms with Gasteiger partial charge >= 0.3 is 0 Å². The summed E-state index contributed by atoms with van der Waals surface area (Å²) in [4.78, 5) is 11.0. The zero-order valence-electron chi connectivity index (χ0n) is 13.8. The average Bonchev–Trinajstić information content (AvgIpc) is 2.60. The summed E-state index contributed by atoms with van der Waals surface area (Å²) in [7, 11) is -0.948. The Kier molecular flexibility index (Phi) is 6.00. The first-order valence-electron chi connectivity index (χ1n) is 7.36. The highest BCUT2D eigenvalue weighted by Crippen LogP contribution is 2.23. The molecule has 0 aliphatic heterocycles. The van der Waals surface area contributed by atoms with Crippen molar-refractivity contribution in [1.29, 1.82) is 0 Å². The van der Waals surface area contributed by atoms with E-state index in [2.05, 4.69) is 4.72 Å². The summed E-state index contributed by atoms with van der Waals surface area (Å²) < 4.78 is 37.5. The summed E-state index contributed by atoms with van der Waals surface area (Å²) in [6.45, 7) is 0. The third-order valence-corrected chi connectivity index (χ3v) is 5.04. The van der Waals surface area contributed by atoms with Gasteiger partial charge in [0.15, 0.2) is 0 Å². The van der Waals surface area contributed by atoms with Crippen LogP contribution in [0.4, 0.5) is 0 Å². The zero-order valence-corrected chi connectivity index (χ0v) is 14.6. The third-order valence-electron chi connectivity index (χ3n) is 3.56. The van der Waals surface area contributed by atoms with Crippen LogP contribution in [0.3, 0.4) is 0 Å². The maximum atomic E-state index is 12.5. The number of carbonyl (C=O) groups excluding carboxylic acids is 1. The fraction of sp³-hybridized carbons (Fsp3) is 0.235. The lowest BCUT2D eigenvalue weighted by molar-refractivity contribution is -0.306. The Morgan fingerprint density at radius 3 is 1.92 bits per heavy atom. The lowest BCUT2D eigenvalue weighted by Gasteiger charge is -2.20. The standard InChI is InChI=1S/C17H19NO6S/c1-23-13-5-3-12(4-6-13)16(11-17(19)20)18-25(21,22)15-9-7-14(24-2)8-10-15/h3-10,16,18H,11H2,1-2H3,(H,19,20)/p-1. The number of carbonyl (C=O) groups is 1. The molecule has 7 nitrogen and oxygen atoms in total. The van der Waals surface area contributed by atoms with Gasteiger partial charge in [-0.05, 0) is 42.0 Å². The number of carboxylic acids is 1. The number of aliphatic carboxylic acids is 1. The minimum atomic E-state index is -3.92. The van der Waals surface area contributed by atoms with Crippen molar-refractivity contribution in [2.24, 2.45) is 0 Å². The number of rotatable bonds is 8. The van der Waals surface area contributed by atoms with Crippen molar-refractivity contribution in [3.8, 4) is 11.5 Å². The summed E-state index contributed by atoms with van der Waals surface area (Å²) in [6.07, 6.45) is -0.498. The Morgan fingerprint density at radius 1 is 1.00 bits per heavy atom. The van der Waals surface area contributed by atoms with Gasteiger partial charge in [0, 0.05) is 12.4 Å². The van der Waals surface area contributed by atoms with Gasteiger partial charge in [0.1, 0.15) is 11.5 Å². The van der Waals surface area contributed by atoms with Crippen LogP contribution in [0, 0.1) is 0 Å². The molecular formula is C17H18NO6S-. The Balaban J connectivity index is 2.29. The molecule has 2 aromatic rings. The van der Waals surface area contributed by atoms with Crippen LogP contribution in [0.15, 0.2) is 53.4 Å². The van der Waals surface area contributed by atoms with E-state index in [4.69, 9.17) is 9.47 Å². The Bertz CT molecular complexity index is 815. The molecule has 0 bridgehead atoms. The van der Waals surface area contributed by atoms with Crippen LogP contribution >= 0.6 is 0 Å². The van der Waals surface area contributed by atoms with Crippen LogP contribution in [-0.2, 0) is 14.8 Å². The van der Waals surface area contributed by atoms with Gasteiger partial charge in [0.2, 0.25) is 10.0 Å². The van der Waals surface area contributed by atoms with Gasteiger partial charge in [-0.3, -0.25) is 0 Å². The SMILES string of the molecule is COc1ccc(C(CC(=O)[O-])NS(=O)(=O)c2ccc(OC)cc2)cc1. The molecule has 2 aromatic carbocycles. The molecule has 1 atom stereocenters. The van der Waals surface area contributed by atoms with E-state index >= 15 is 0 Å². The summed E-state index contributed by atoms with van der Waals surface area (Å²) >= 11 is 0. The summed E-state index contributed by atoms with van der Waals surface area (Å²) in [5, 5.41) is 11.0. The third kappa shape index (κ3) is 4.94. The minimum absolute atomic E-state index is 0.00478. The lowest BCUT2D eigenvalue weighted by atomic mass is 10.0. The highest BCUT2D eigenvalue weighted by atomic mass is 32.2. The van der Waals surface area contributed by atoms with Gasteiger partial charge < -0.3 is 19.4 Å². The zero-order chi connectivity index (χ0) is 18.4. The van der Waals surface area contributed by atoms with Crippen molar-refractivity contribution in [1.82, 2.24) is 4.72 Å². The summed E-state index contributed by atoms with van der Waals surface area (Å²) in [5.74, 6) is -0.271. The number of carboxylic acid groups (broad SMARTS) is 1. The Labute approximate surface area is 146 Å². The molecule has 8 heteroatoms. The number of sulfonamides is 1. The van der Waals surface area contributed by atoms with Crippen molar-refractivity contribution in [2.75, 3.05) is 14.2 Å². The maximum Gasteiger partial charge on any atom is 0.241 e. The van der Waals surface area contributed by atoms with Crippen LogP contribution in [0.1, 0.15) is 18.0 Å². The number of ether oxygens (including phenoxy) is 2. The van der Waals surface area contributed by atoms with Crippen LogP contribution in [0.2, 0.25) is 0 Å². The predicted octanol–water partition coefficient (Wildman–Crippen LogP) is 0.863. The van der Waals surface area contributed by atoms with Gasteiger partial charge in [0.25, 0.3) is 0 Å². The topological polar surface area (TPSA) is 105 Å². The first kappa shape index (κ1) is 18.8. The predicted molar refractivity (Wildman–Crippen MR) is 88.7 cm³/mol. The molecule has 25 heavy (non-hydrogen) atoms. The van der Waals surface area contributed by atoms with Gasteiger partial charge in [-0.15, -0.1) is 0 Å². The van der Waals surface area contributed by atoms with Crippen molar-refractivity contribution in [3.63, 3.8) is 0 Å². The van der Waals surface area contributed by atoms with Crippen LogP contribution in [0.5, 0.6) is 11.5 Å². The lowest BCUT2D eigenvalue weighted by Crippen LogP contribution is -2.34. The molecule has 1 unspecified atom stereocenters. The fourth-order valence-corrected chi connectivity index (χ4v) is 3.47. The molecule has 0 aromatic heterocycles. The second kappa shape index (κ2) is 8.00. The average molecular weight is 364 g/mol. The normalized spacial score (nSPS) is 12.4. The smallest absolute Gasteiger partial charge is 0.241 e. The molecule has 1 N–H and O–H groups in total. The number of hydrogen-bond acceptors (Lipinski definition) is 6. The van der Waals surface area contributed by atoms with E-state index in [1.807, 2.05) is 0 Å². The summed E-state index contributed by atoms with van der Waals surface area (Å²) in [5.41, 5.74) is 0.488. The maximum absolute atomic E-state index is 12.5. The van der Waals surface area contributed by atoms with Crippen molar-refractivity contribution < 1.29 is 27.8 Å². The van der Waals surface area contributed by atoms with E-state index in [1.165, 1.54) is 38.5 Å². The molecule has 0 amide bonds. The van der Waals surface area contributed by atoms with E-state index < -0.39 is 28.5 Å². The minimum Gasteiger partial charge on any atom is -0.550 e. The Morgan fingerprint density at radius 2 is 1.48 bits per heavy atom. The van der Waals surface area contributed by atoms with Gasteiger partial charge in [0.05, 0.1) is 25.2 Å². The largest absolute Gasteiger partial charge is 0.550 e. The molecule has 134 valence electrons. The van der Waals surface area contributed by atoms with E-state index in [9.17, 15) is 18.3 Å². The molecule has 0 saturated carbocycles. The number of hydrogen-bond donors (Lipinski definition) is 1. The molecule has 0 radical (unpaired) electrons. The number of nitrogens with one attached hydrogen (secondary N) is 1. The van der Waals surface area contributed by atoms with Crippen molar-refractivity contribution in [3.05, 3.63) is 54.1 Å². The Hall–Kier alpha value is -2.58. The molecular weight excluding hydrogens is 346 g/mol. The number of methoxy groups -OCH3 is 2. The molecule has 0 aliphatic rings. The highest BCUT2D eigenvalue weighted by molar-refractivity contribution is 7.89. The number of benzene rings is 2. The van der Waals surface area contributed by atoms with E-state index in [1.54, 1.807) is 24.3 Å². The molecule has 0 fully saturated rings. The fourth-order valence-electron chi connectivity index (χ4n) is 2.24. The summed E-state index contributed by atoms with van der Waals surface area (Å²) in [6, 6.07) is 11.3. The molecule has 2 rings (SSSR count).